The highest BCUT2D eigenvalue weighted by Crippen LogP contribution is 2.04. The molecule has 0 bridgehead atoms. The molecule has 0 aromatic carbocycles. The van der Waals surface area contributed by atoms with Crippen molar-refractivity contribution in [3.8, 4) is 0 Å². The molecule has 0 amide bonds. The van der Waals surface area contributed by atoms with Gasteiger partial charge in [-0.25, -0.2) is 0 Å². The SMILES string of the molecule is O=[N+]([O-])C1=CC=CC(O)=CC=C1. The van der Waals surface area contributed by atoms with Gasteiger partial charge in [0.15, 0.2) is 0 Å². The lowest BCUT2D eigenvalue weighted by molar-refractivity contribution is -0.419. The average molecular weight is 165 g/mol. The smallest absolute Gasteiger partial charge is 0.269 e. The Morgan fingerprint density at radius 2 is 1.92 bits per heavy atom. The zero-order valence-electron chi connectivity index (χ0n) is 6.18. The maximum Gasteiger partial charge on any atom is 0.269 e. The van der Waals surface area contributed by atoms with Crippen molar-refractivity contribution in [2.75, 3.05) is 0 Å². The first kappa shape index (κ1) is 8.26. The van der Waals surface area contributed by atoms with Crippen molar-refractivity contribution in [2.45, 2.75) is 0 Å². The largest absolute Gasteiger partial charge is 0.508 e. The van der Waals surface area contributed by atoms with E-state index >= 15 is 0 Å². The molecule has 0 spiro atoms. The van der Waals surface area contributed by atoms with Gasteiger partial charge < -0.3 is 5.11 Å². The molecule has 0 fully saturated rings. The Kier molecular flexibility index (Phi) is 2.42. The topological polar surface area (TPSA) is 63.4 Å². The van der Waals surface area contributed by atoms with Crippen LogP contribution >= 0.6 is 0 Å². The Balaban J connectivity index is 2.91. The monoisotopic (exact) mass is 165 g/mol. The normalized spacial score (nSPS) is 16.0. The molecule has 4 heteroatoms. The lowest BCUT2D eigenvalue weighted by Gasteiger charge is -1.92. The van der Waals surface area contributed by atoms with Crippen molar-refractivity contribution in [2.24, 2.45) is 0 Å². The number of nitro groups is 1. The summed E-state index contributed by atoms with van der Waals surface area (Å²) in [4.78, 5) is 9.78. The summed E-state index contributed by atoms with van der Waals surface area (Å²) in [6.45, 7) is 0. The van der Waals surface area contributed by atoms with E-state index < -0.39 is 4.92 Å². The molecule has 1 rings (SSSR count). The van der Waals surface area contributed by atoms with Crippen molar-refractivity contribution < 1.29 is 10.0 Å². The van der Waals surface area contributed by atoms with E-state index in [1.165, 1.54) is 36.5 Å². The lowest BCUT2D eigenvalue weighted by atomic mass is 10.2. The van der Waals surface area contributed by atoms with Crippen molar-refractivity contribution in [3.05, 3.63) is 58.0 Å². The number of allylic oxidation sites excluding steroid dienone is 6. The third-order valence-electron chi connectivity index (χ3n) is 1.28. The fourth-order valence-corrected chi connectivity index (χ4v) is 0.723. The number of hydrogen-bond acceptors (Lipinski definition) is 3. The number of aliphatic hydroxyl groups excluding tert-OH is 1. The zero-order valence-corrected chi connectivity index (χ0v) is 6.18. The summed E-state index contributed by atoms with van der Waals surface area (Å²) in [5.74, 6) is 0.0740. The van der Waals surface area contributed by atoms with Crippen LogP contribution < -0.4 is 0 Å². The molecule has 0 saturated heterocycles. The summed E-state index contributed by atoms with van der Waals surface area (Å²) in [5.41, 5.74) is -0.00463. The van der Waals surface area contributed by atoms with Crippen LogP contribution in [0.5, 0.6) is 0 Å². The molecule has 0 aromatic rings. The van der Waals surface area contributed by atoms with Gasteiger partial charge in [0.1, 0.15) is 5.76 Å². The van der Waals surface area contributed by atoms with Crippen molar-refractivity contribution >= 4 is 0 Å². The molecule has 62 valence electrons. The average Bonchev–Trinajstić information content (AvgIpc) is 1.95. The Morgan fingerprint density at radius 1 is 1.25 bits per heavy atom. The van der Waals surface area contributed by atoms with E-state index in [2.05, 4.69) is 0 Å². The summed E-state index contributed by atoms with van der Waals surface area (Å²) < 4.78 is 0. The van der Waals surface area contributed by atoms with Crippen LogP contribution in [0.15, 0.2) is 47.9 Å². The third-order valence-corrected chi connectivity index (χ3v) is 1.28. The van der Waals surface area contributed by atoms with Gasteiger partial charge in [0.05, 0.1) is 4.92 Å². The summed E-state index contributed by atoms with van der Waals surface area (Å²) in [6, 6.07) is 0. The lowest BCUT2D eigenvalue weighted by Crippen LogP contribution is -1.94. The second-order valence-electron chi connectivity index (χ2n) is 2.16. The first-order valence-electron chi connectivity index (χ1n) is 3.30. The molecule has 0 atom stereocenters. The van der Waals surface area contributed by atoms with E-state index in [-0.39, 0.29) is 11.5 Å². The molecule has 12 heavy (non-hydrogen) atoms. The van der Waals surface area contributed by atoms with E-state index in [4.69, 9.17) is 5.11 Å². The van der Waals surface area contributed by atoms with Gasteiger partial charge in [-0.2, -0.15) is 0 Å². The van der Waals surface area contributed by atoms with Crippen molar-refractivity contribution in [1.82, 2.24) is 0 Å². The maximum atomic E-state index is 10.3. The molecule has 0 aromatic heterocycles. The molecule has 0 heterocycles. The Bertz CT molecular complexity index is 310. The maximum absolute atomic E-state index is 10.3. The summed E-state index contributed by atoms with van der Waals surface area (Å²) in [7, 11) is 0. The number of hydrogen-bond donors (Lipinski definition) is 1. The number of aliphatic hydroxyl groups is 1. The van der Waals surface area contributed by atoms with Crippen LogP contribution in [0.3, 0.4) is 0 Å². The third kappa shape index (κ3) is 2.09. The van der Waals surface area contributed by atoms with E-state index in [0.717, 1.165) is 0 Å². The zero-order chi connectivity index (χ0) is 8.97. The first-order valence-corrected chi connectivity index (χ1v) is 3.30. The Morgan fingerprint density at radius 3 is 2.58 bits per heavy atom. The first-order chi connectivity index (χ1) is 5.70. The van der Waals surface area contributed by atoms with Crippen LogP contribution in [0.1, 0.15) is 0 Å². The second-order valence-corrected chi connectivity index (χ2v) is 2.16. The predicted octanol–water partition coefficient (Wildman–Crippen LogP) is 1.71. The van der Waals surface area contributed by atoms with E-state index in [1.807, 2.05) is 0 Å². The number of nitrogens with zero attached hydrogens (tertiary/aromatic N) is 1. The van der Waals surface area contributed by atoms with Gasteiger partial charge in [-0.3, -0.25) is 10.1 Å². The van der Waals surface area contributed by atoms with Gasteiger partial charge in [0, 0.05) is 12.2 Å². The van der Waals surface area contributed by atoms with Crippen LogP contribution in [-0.4, -0.2) is 10.0 Å². The van der Waals surface area contributed by atoms with E-state index in [0.29, 0.717) is 0 Å². The van der Waals surface area contributed by atoms with E-state index in [9.17, 15) is 10.1 Å². The van der Waals surface area contributed by atoms with E-state index in [1.54, 1.807) is 0 Å². The minimum absolute atomic E-state index is 0.00463. The summed E-state index contributed by atoms with van der Waals surface area (Å²) in [6.07, 6.45) is 8.25. The number of rotatable bonds is 1. The second kappa shape index (κ2) is 3.52. The highest BCUT2D eigenvalue weighted by Gasteiger charge is 2.03. The summed E-state index contributed by atoms with van der Waals surface area (Å²) >= 11 is 0. The fourth-order valence-electron chi connectivity index (χ4n) is 0.723. The van der Waals surface area contributed by atoms with Gasteiger partial charge in [-0.05, 0) is 12.2 Å². The van der Waals surface area contributed by atoms with Gasteiger partial charge >= 0.3 is 0 Å². The standard InChI is InChI=1S/C8H7NO3/c10-8-5-1-3-7(9(11)12)4-2-6-8/h1-6,10H. The van der Waals surface area contributed by atoms with Crippen molar-refractivity contribution in [3.63, 3.8) is 0 Å². The quantitative estimate of drug-likeness (QED) is 0.475. The molecule has 1 aliphatic rings. The van der Waals surface area contributed by atoms with Crippen LogP contribution in [0.4, 0.5) is 0 Å². The van der Waals surface area contributed by atoms with Crippen LogP contribution in [0.2, 0.25) is 0 Å². The van der Waals surface area contributed by atoms with Crippen LogP contribution in [-0.2, 0) is 0 Å². The van der Waals surface area contributed by atoms with Gasteiger partial charge in [0.2, 0.25) is 0 Å². The predicted molar refractivity (Wildman–Crippen MR) is 44.1 cm³/mol. The van der Waals surface area contributed by atoms with Gasteiger partial charge in [-0.15, -0.1) is 0 Å². The van der Waals surface area contributed by atoms with Crippen LogP contribution in [0.25, 0.3) is 0 Å². The summed E-state index contributed by atoms with van der Waals surface area (Å²) in [5, 5.41) is 19.2. The Hall–Kier alpha value is -1.84. The van der Waals surface area contributed by atoms with Crippen LogP contribution in [0, 0.1) is 10.1 Å². The minimum Gasteiger partial charge on any atom is -0.508 e. The van der Waals surface area contributed by atoms with Gasteiger partial charge in [0.25, 0.3) is 5.70 Å². The molecule has 4 nitrogen and oxygen atoms in total. The molecule has 1 aliphatic carbocycles. The molecular weight excluding hydrogens is 158 g/mol. The fraction of sp³-hybridized carbons (Fsp3) is 0. The van der Waals surface area contributed by atoms with Gasteiger partial charge in [-0.1, -0.05) is 12.2 Å². The molecule has 0 aliphatic heterocycles. The molecule has 0 radical (unpaired) electrons. The molecular formula is C8H7NO3. The molecule has 0 saturated carbocycles. The molecule has 0 unspecified atom stereocenters. The van der Waals surface area contributed by atoms with Crippen molar-refractivity contribution in [1.29, 1.82) is 0 Å². The molecule has 1 N–H and O–H groups in total. The minimum atomic E-state index is -0.489. The Labute approximate surface area is 69.0 Å². The highest BCUT2D eigenvalue weighted by molar-refractivity contribution is 5.29. The highest BCUT2D eigenvalue weighted by atomic mass is 16.6.